The Kier molecular flexibility index (Phi) is 3.74. The van der Waals surface area contributed by atoms with Crippen LogP contribution < -0.4 is 10.2 Å². The van der Waals surface area contributed by atoms with Gasteiger partial charge in [0.1, 0.15) is 0 Å². The van der Waals surface area contributed by atoms with E-state index in [2.05, 4.69) is 24.9 Å². The lowest BCUT2D eigenvalue weighted by atomic mass is 10.1. The van der Waals surface area contributed by atoms with Crippen molar-refractivity contribution in [2.75, 3.05) is 25.1 Å². The number of amides is 1. The number of carbonyl (C=O) groups is 1. The lowest BCUT2D eigenvalue weighted by molar-refractivity contribution is 0.164. The van der Waals surface area contributed by atoms with Crippen molar-refractivity contribution in [3.8, 4) is 0 Å². The zero-order valence-electron chi connectivity index (χ0n) is 9.80. The Hall–Kier alpha value is -1.85. The van der Waals surface area contributed by atoms with Crippen LogP contribution in [-0.4, -0.2) is 42.3 Å². The molecule has 2 heterocycles. The van der Waals surface area contributed by atoms with E-state index in [9.17, 15) is 4.79 Å². The number of carbonyl (C=O) groups excluding carboxylic acids is 1. The molecule has 6 heteroatoms. The Balaban J connectivity index is 1.84. The number of aromatic nitrogens is 2. The molecule has 6 nitrogen and oxygen atoms in total. The summed E-state index contributed by atoms with van der Waals surface area (Å²) >= 11 is 0. The molecule has 0 saturated carbocycles. The Morgan fingerprint density at radius 1 is 1.41 bits per heavy atom. The highest BCUT2D eigenvalue weighted by Crippen LogP contribution is 2.15. The van der Waals surface area contributed by atoms with Crippen LogP contribution in [0.1, 0.15) is 12.8 Å². The zero-order chi connectivity index (χ0) is 12.1. The van der Waals surface area contributed by atoms with Crippen molar-refractivity contribution in [2.24, 2.45) is 0 Å². The normalized spacial score (nSPS) is 16.6. The van der Waals surface area contributed by atoms with Gasteiger partial charge in [-0.1, -0.05) is 0 Å². The van der Waals surface area contributed by atoms with Crippen LogP contribution in [0.3, 0.4) is 0 Å². The summed E-state index contributed by atoms with van der Waals surface area (Å²) in [4.78, 5) is 21.6. The highest BCUT2D eigenvalue weighted by Gasteiger charge is 2.21. The van der Waals surface area contributed by atoms with Crippen LogP contribution in [0.25, 0.3) is 0 Å². The number of hydrogen-bond acceptors (Lipinski definition) is 5. The van der Waals surface area contributed by atoms with E-state index >= 15 is 0 Å². The summed E-state index contributed by atoms with van der Waals surface area (Å²) in [6.07, 6.45) is 4.88. The van der Waals surface area contributed by atoms with Crippen molar-refractivity contribution < 1.29 is 9.53 Å². The number of piperidine rings is 1. The number of hydrogen-bond donors (Lipinski definition) is 1. The molecule has 1 aliphatic heterocycles. The second-order valence-corrected chi connectivity index (χ2v) is 3.95. The standard InChI is InChI=1S/C11H16N4O2/c1-17-11(16)14-9-3-7-15(8-4-9)10-12-5-2-6-13-10/h2,5-6,9H,3-4,7-8H2,1H3,(H,14,16). The fourth-order valence-corrected chi connectivity index (χ4v) is 1.90. The summed E-state index contributed by atoms with van der Waals surface area (Å²) < 4.78 is 4.58. The summed E-state index contributed by atoms with van der Waals surface area (Å²) in [7, 11) is 1.38. The fourth-order valence-electron chi connectivity index (χ4n) is 1.90. The maximum Gasteiger partial charge on any atom is 0.407 e. The Morgan fingerprint density at radius 2 is 2.06 bits per heavy atom. The summed E-state index contributed by atoms with van der Waals surface area (Å²) in [6, 6.07) is 1.98. The van der Waals surface area contributed by atoms with Gasteiger partial charge >= 0.3 is 6.09 Å². The Morgan fingerprint density at radius 3 is 2.65 bits per heavy atom. The number of nitrogens with one attached hydrogen (secondary N) is 1. The van der Waals surface area contributed by atoms with Gasteiger partial charge in [-0.25, -0.2) is 14.8 Å². The second-order valence-electron chi connectivity index (χ2n) is 3.95. The van der Waals surface area contributed by atoms with E-state index in [1.54, 1.807) is 18.5 Å². The van der Waals surface area contributed by atoms with Crippen LogP contribution in [0.4, 0.5) is 10.7 Å². The number of methoxy groups -OCH3 is 1. The van der Waals surface area contributed by atoms with Gasteiger partial charge < -0.3 is 15.0 Å². The number of ether oxygens (including phenoxy) is 1. The van der Waals surface area contributed by atoms with Crippen molar-refractivity contribution in [2.45, 2.75) is 18.9 Å². The minimum atomic E-state index is -0.362. The maximum absolute atomic E-state index is 11.1. The van der Waals surface area contributed by atoms with Crippen LogP contribution in [0.15, 0.2) is 18.5 Å². The molecule has 0 unspecified atom stereocenters. The van der Waals surface area contributed by atoms with E-state index in [0.29, 0.717) is 0 Å². The molecule has 1 amide bonds. The van der Waals surface area contributed by atoms with Gasteiger partial charge in [-0.15, -0.1) is 0 Å². The minimum Gasteiger partial charge on any atom is -0.453 e. The molecule has 1 aliphatic rings. The smallest absolute Gasteiger partial charge is 0.407 e. The first-order chi connectivity index (χ1) is 8.29. The molecular formula is C11H16N4O2. The molecule has 2 rings (SSSR count). The molecular weight excluding hydrogens is 220 g/mol. The van der Waals surface area contributed by atoms with Crippen molar-refractivity contribution in [1.82, 2.24) is 15.3 Å². The van der Waals surface area contributed by atoms with E-state index in [-0.39, 0.29) is 12.1 Å². The van der Waals surface area contributed by atoms with E-state index in [4.69, 9.17) is 0 Å². The summed E-state index contributed by atoms with van der Waals surface area (Å²) in [5.41, 5.74) is 0. The average Bonchev–Trinajstić information content (AvgIpc) is 2.40. The maximum atomic E-state index is 11.1. The molecule has 92 valence electrons. The van der Waals surface area contributed by atoms with Gasteiger partial charge in [-0.05, 0) is 18.9 Å². The van der Waals surface area contributed by atoms with Crippen molar-refractivity contribution in [3.05, 3.63) is 18.5 Å². The third-order valence-electron chi connectivity index (χ3n) is 2.84. The molecule has 1 aromatic rings. The molecule has 0 aliphatic carbocycles. The molecule has 0 bridgehead atoms. The molecule has 0 radical (unpaired) electrons. The average molecular weight is 236 g/mol. The fraction of sp³-hybridized carbons (Fsp3) is 0.545. The van der Waals surface area contributed by atoms with Crippen LogP contribution >= 0.6 is 0 Å². The molecule has 0 aromatic carbocycles. The highest BCUT2D eigenvalue weighted by atomic mass is 16.5. The van der Waals surface area contributed by atoms with Gasteiger partial charge in [0.2, 0.25) is 5.95 Å². The van der Waals surface area contributed by atoms with Gasteiger partial charge in [0.05, 0.1) is 7.11 Å². The van der Waals surface area contributed by atoms with Gasteiger partial charge in [0, 0.05) is 31.5 Å². The van der Waals surface area contributed by atoms with E-state index < -0.39 is 0 Å². The number of rotatable bonds is 2. The minimum absolute atomic E-state index is 0.183. The quantitative estimate of drug-likeness (QED) is 0.822. The molecule has 1 aromatic heterocycles. The van der Waals surface area contributed by atoms with Gasteiger partial charge in [0.25, 0.3) is 0 Å². The molecule has 1 N–H and O–H groups in total. The Labute approximate surface area is 100 Å². The molecule has 0 spiro atoms. The Bertz CT molecular complexity index is 363. The van der Waals surface area contributed by atoms with Gasteiger partial charge in [-0.2, -0.15) is 0 Å². The van der Waals surface area contributed by atoms with Crippen molar-refractivity contribution in [3.63, 3.8) is 0 Å². The third-order valence-corrected chi connectivity index (χ3v) is 2.84. The molecule has 0 atom stereocenters. The first-order valence-electron chi connectivity index (χ1n) is 5.66. The second kappa shape index (κ2) is 5.47. The summed E-state index contributed by atoms with van der Waals surface area (Å²) in [5, 5.41) is 2.81. The largest absolute Gasteiger partial charge is 0.453 e. The van der Waals surface area contributed by atoms with Gasteiger partial charge in [-0.3, -0.25) is 0 Å². The topological polar surface area (TPSA) is 67.3 Å². The molecule has 17 heavy (non-hydrogen) atoms. The third kappa shape index (κ3) is 3.05. The summed E-state index contributed by atoms with van der Waals surface area (Å²) in [6.45, 7) is 1.69. The molecule has 1 saturated heterocycles. The summed E-state index contributed by atoms with van der Waals surface area (Å²) in [5.74, 6) is 0.754. The van der Waals surface area contributed by atoms with E-state index in [1.165, 1.54) is 7.11 Å². The number of nitrogens with zero attached hydrogens (tertiary/aromatic N) is 3. The van der Waals surface area contributed by atoms with Gasteiger partial charge in [0.15, 0.2) is 0 Å². The van der Waals surface area contributed by atoms with Crippen LogP contribution in [0, 0.1) is 0 Å². The number of anilines is 1. The lowest BCUT2D eigenvalue weighted by Crippen LogP contribution is -2.45. The zero-order valence-corrected chi connectivity index (χ0v) is 9.80. The van der Waals surface area contributed by atoms with Crippen LogP contribution in [-0.2, 0) is 4.74 Å². The van der Waals surface area contributed by atoms with Crippen molar-refractivity contribution in [1.29, 1.82) is 0 Å². The monoisotopic (exact) mass is 236 g/mol. The SMILES string of the molecule is COC(=O)NC1CCN(c2ncccn2)CC1. The lowest BCUT2D eigenvalue weighted by Gasteiger charge is -2.31. The molecule has 1 fully saturated rings. The van der Waals surface area contributed by atoms with Crippen LogP contribution in [0.5, 0.6) is 0 Å². The number of alkyl carbamates (subject to hydrolysis) is 1. The predicted octanol–water partition coefficient (Wildman–Crippen LogP) is 0.801. The van der Waals surface area contributed by atoms with Crippen molar-refractivity contribution >= 4 is 12.0 Å². The highest BCUT2D eigenvalue weighted by molar-refractivity contribution is 5.67. The van der Waals surface area contributed by atoms with E-state index in [0.717, 1.165) is 31.9 Å². The first-order valence-corrected chi connectivity index (χ1v) is 5.66. The van der Waals surface area contributed by atoms with E-state index in [1.807, 2.05) is 0 Å². The van der Waals surface area contributed by atoms with Crippen LogP contribution in [0.2, 0.25) is 0 Å². The first kappa shape index (κ1) is 11.6. The predicted molar refractivity (Wildman–Crippen MR) is 62.8 cm³/mol.